The Labute approximate surface area is 120 Å². The maximum absolute atomic E-state index is 12.7. The molecule has 0 saturated heterocycles. The van der Waals surface area contributed by atoms with E-state index < -0.39 is 6.43 Å². The number of rotatable bonds is 4. The molecule has 0 unspecified atom stereocenters. The summed E-state index contributed by atoms with van der Waals surface area (Å²) in [6.45, 7) is 0. The Bertz CT molecular complexity index is 726. The van der Waals surface area contributed by atoms with Gasteiger partial charge >= 0.3 is 0 Å². The Morgan fingerprint density at radius 2 is 2.14 bits per heavy atom. The van der Waals surface area contributed by atoms with Gasteiger partial charge in [0.1, 0.15) is 0 Å². The second-order valence-corrected chi connectivity index (χ2v) is 4.82. The van der Waals surface area contributed by atoms with E-state index in [1.54, 1.807) is 30.6 Å². The zero-order valence-corrected chi connectivity index (χ0v) is 11.1. The van der Waals surface area contributed by atoms with E-state index in [0.29, 0.717) is 23.4 Å². The van der Waals surface area contributed by atoms with Gasteiger partial charge in [-0.15, -0.1) is 0 Å². The van der Waals surface area contributed by atoms with Crippen molar-refractivity contribution in [2.75, 3.05) is 0 Å². The summed E-state index contributed by atoms with van der Waals surface area (Å²) in [4.78, 5) is 20.6. The molecule has 0 N–H and O–H groups in total. The molecule has 1 aromatic carbocycles. The third-order valence-corrected chi connectivity index (χ3v) is 3.41. The van der Waals surface area contributed by atoms with Crippen molar-refractivity contribution in [1.29, 1.82) is 0 Å². The van der Waals surface area contributed by atoms with Crippen LogP contribution < -0.4 is 0 Å². The van der Waals surface area contributed by atoms with Crippen LogP contribution in [0.15, 0.2) is 41.5 Å². The maximum atomic E-state index is 12.7. The highest BCUT2D eigenvalue weighted by atomic mass is 19.3. The number of alkyl halides is 2. The molecule has 0 spiro atoms. The van der Waals surface area contributed by atoms with Gasteiger partial charge in [0.2, 0.25) is 0 Å². The van der Waals surface area contributed by atoms with Gasteiger partial charge in [-0.2, -0.15) is 0 Å². The first-order valence-corrected chi connectivity index (χ1v) is 6.56. The van der Waals surface area contributed by atoms with Crippen LogP contribution >= 0.6 is 0 Å². The molecular weight excluding hydrogens is 274 g/mol. The largest absolute Gasteiger partial charge is 0.294 e. The molecule has 1 aromatic heterocycles. The molecule has 106 valence electrons. The van der Waals surface area contributed by atoms with E-state index >= 15 is 0 Å². The summed E-state index contributed by atoms with van der Waals surface area (Å²) in [6.07, 6.45) is 1.41. The number of aromatic nitrogens is 1. The van der Waals surface area contributed by atoms with Gasteiger partial charge in [0.25, 0.3) is 6.43 Å². The highest BCUT2D eigenvalue weighted by molar-refractivity contribution is 6.01. The Hall–Kier alpha value is -2.43. The highest BCUT2D eigenvalue weighted by Crippen LogP contribution is 2.26. The molecule has 3 nitrogen and oxygen atoms in total. The second-order valence-electron chi connectivity index (χ2n) is 4.82. The molecule has 2 heterocycles. The number of aliphatic imine (C=N–C) groups is 1. The average molecular weight is 286 g/mol. The number of pyridine rings is 1. The van der Waals surface area contributed by atoms with E-state index in [2.05, 4.69) is 9.98 Å². The number of halogens is 2. The highest BCUT2D eigenvalue weighted by Gasteiger charge is 2.18. The Morgan fingerprint density at radius 3 is 2.95 bits per heavy atom. The maximum Gasteiger partial charge on any atom is 0.263 e. The molecule has 0 radical (unpaired) electrons. The molecule has 5 heteroatoms. The van der Waals surface area contributed by atoms with Crippen molar-refractivity contribution in [3.8, 4) is 0 Å². The van der Waals surface area contributed by atoms with Crippen LogP contribution in [0, 0.1) is 0 Å². The molecule has 1 aliphatic rings. The van der Waals surface area contributed by atoms with Crippen LogP contribution in [0.5, 0.6) is 0 Å². The van der Waals surface area contributed by atoms with E-state index in [9.17, 15) is 13.6 Å². The number of carbonyl (C=O) groups is 1. The fourth-order valence-electron chi connectivity index (χ4n) is 2.40. The molecular formula is C16H12F2N2O. The van der Waals surface area contributed by atoms with Gasteiger partial charge in [-0.1, -0.05) is 18.2 Å². The van der Waals surface area contributed by atoms with E-state index in [1.165, 1.54) is 12.1 Å². The van der Waals surface area contributed by atoms with Crippen molar-refractivity contribution in [3.05, 3.63) is 58.8 Å². The van der Waals surface area contributed by atoms with Crippen LogP contribution in [0.2, 0.25) is 0 Å². The van der Waals surface area contributed by atoms with Crippen molar-refractivity contribution in [1.82, 2.24) is 4.98 Å². The van der Waals surface area contributed by atoms with Gasteiger partial charge in [-0.05, 0) is 17.7 Å². The van der Waals surface area contributed by atoms with E-state index in [-0.39, 0.29) is 17.8 Å². The summed E-state index contributed by atoms with van der Waals surface area (Å²) in [5.74, 6) is 0.466. The van der Waals surface area contributed by atoms with Crippen LogP contribution in [0.25, 0.3) is 0 Å². The van der Waals surface area contributed by atoms with Crippen LogP contribution in [-0.4, -0.2) is 17.0 Å². The first kappa shape index (κ1) is 13.5. The lowest BCUT2D eigenvalue weighted by atomic mass is 9.98. The minimum atomic E-state index is -2.53. The molecule has 0 saturated carbocycles. The SMILES string of the molecule is O=C(Cc1cccc(C(F)F)c1)c1ccnc2c1CC=N2. The fourth-order valence-corrected chi connectivity index (χ4v) is 2.40. The van der Waals surface area contributed by atoms with Gasteiger partial charge in [0, 0.05) is 41.9 Å². The normalized spacial score (nSPS) is 12.7. The number of benzene rings is 1. The third kappa shape index (κ3) is 2.72. The van der Waals surface area contributed by atoms with Crippen LogP contribution in [0.4, 0.5) is 14.6 Å². The Balaban J connectivity index is 1.85. The molecule has 0 amide bonds. The van der Waals surface area contributed by atoms with Gasteiger partial charge in [-0.3, -0.25) is 4.79 Å². The summed E-state index contributed by atoms with van der Waals surface area (Å²) in [7, 11) is 0. The third-order valence-electron chi connectivity index (χ3n) is 3.41. The van der Waals surface area contributed by atoms with E-state index in [4.69, 9.17) is 0 Å². The predicted octanol–water partition coefficient (Wildman–Crippen LogP) is 3.70. The topological polar surface area (TPSA) is 42.3 Å². The average Bonchev–Trinajstić information content (AvgIpc) is 2.95. The minimum absolute atomic E-state index is 0.0661. The standard InChI is InChI=1S/C16H12F2N2O/c17-15(18)11-3-1-2-10(8-11)9-14(21)12-4-6-19-16-13(12)5-7-20-16/h1-4,6-8,15H,5,9H2. The summed E-state index contributed by atoms with van der Waals surface area (Å²) in [5, 5.41) is 0. The molecule has 1 aliphatic heterocycles. The van der Waals surface area contributed by atoms with Crippen LogP contribution in [0.1, 0.15) is 33.5 Å². The summed E-state index contributed by atoms with van der Waals surface area (Å²) >= 11 is 0. The molecule has 21 heavy (non-hydrogen) atoms. The number of carbonyl (C=O) groups excluding carboxylic acids is 1. The Kier molecular flexibility index (Phi) is 3.56. The number of fused-ring (bicyclic) bond motifs is 1. The van der Waals surface area contributed by atoms with Crippen molar-refractivity contribution < 1.29 is 13.6 Å². The number of Topliss-reactive ketones (excluding diaryl/α,β-unsaturated/α-hetero) is 1. The van der Waals surface area contributed by atoms with E-state index in [0.717, 1.165) is 5.56 Å². The molecule has 0 bridgehead atoms. The van der Waals surface area contributed by atoms with Crippen molar-refractivity contribution >= 4 is 17.8 Å². The fraction of sp³-hybridized carbons (Fsp3) is 0.188. The van der Waals surface area contributed by atoms with Gasteiger partial charge in [-0.25, -0.2) is 18.8 Å². The number of ketones is 1. The Morgan fingerprint density at radius 1 is 1.29 bits per heavy atom. The van der Waals surface area contributed by atoms with E-state index in [1.807, 2.05) is 0 Å². The van der Waals surface area contributed by atoms with Gasteiger partial charge < -0.3 is 0 Å². The minimum Gasteiger partial charge on any atom is -0.294 e. The quantitative estimate of drug-likeness (QED) is 0.804. The molecule has 3 rings (SSSR count). The molecule has 0 fully saturated rings. The van der Waals surface area contributed by atoms with Gasteiger partial charge in [0.05, 0.1) is 0 Å². The monoisotopic (exact) mass is 286 g/mol. The van der Waals surface area contributed by atoms with Crippen molar-refractivity contribution in [2.24, 2.45) is 4.99 Å². The molecule has 2 aromatic rings. The lowest BCUT2D eigenvalue weighted by molar-refractivity contribution is 0.0991. The summed E-state index contributed by atoms with van der Waals surface area (Å²) in [6, 6.07) is 7.62. The first-order chi connectivity index (χ1) is 10.1. The van der Waals surface area contributed by atoms with Crippen LogP contribution in [-0.2, 0) is 12.8 Å². The summed E-state index contributed by atoms with van der Waals surface area (Å²) < 4.78 is 25.4. The van der Waals surface area contributed by atoms with Gasteiger partial charge in [0.15, 0.2) is 11.6 Å². The van der Waals surface area contributed by atoms with Crippen molar-refractivity contribution in [2.45, 2.75) is 19.3 Å². The zero-order chi connectivity index (χ0) is 14.8. The number of nitrogens with zero attached hydrogens (tertiary/aromatic N) is 2. The second kappa shape index (κ2) is 5.52. The van der Waals surface area contributed by atoms with Crippen molar-refractivity contribution in [3.63, 3.8) is 0 Å². The zero-order valence-electron chi connectivity index (χ0n) is 11.1. The lowest BCUT2D eigenvalue weighted by Gasteiger charge is -2.07. The number of hydrogen-bond acceptors (Lipinski definition) is 3. The predicted molar refractivity (Wildman–Crippen MR) is 75.5 cm³/mol. The first-order valence-electron chi connectivity index (χ1n) is 6.56. The smallest absolute Gasteiger partial charge is 0.263 e. The molecule has 0 atom stereocenters. The summed E-state index contributed by atoms with van der Waals surface area (Å²) in [5.41, 5.74) is 1.90. The molecule has 0 aliphatic carbocycles. The van der Waals surface area contributed by atoms with Crippen LogP contribution in [0.3, 0.4) is 0 Å². The lowest BCUT2D eigenvalue weighted by Crippen LogP contribution is -2.07. The number of hydrogen-bond donors (Lipinski definition) is 0.